The van der Waals surface area contributed by atoms with Gasteiger partial charge in [0.25, 0.3) is 0 Å². The number of carboxylic acid groups (broad SMARTS) is 1. The Balaban J connectivity index is 3.24. The van der Waals surface area contributed by atoms with E-state index in [0.717, 1.165) is 10.4 Å². The molecule has 0 unspecified atom stereocenters. The SMILES string of the molecule is CNC(=O)CN(C)S(=O)(=O)c1cc(C(=O)O)ccc1Br. The molecule has 1 aromatic rings. The number of hydrogen-bond acceptors (Lipinski definition) is 4. The van der Waals surface area contributed by atoms with Crippen LogP contribution in [0.25, 0.3) is 0 Å². The van der Waals surface area contributed by atoms with Crippen molar-refractivity contribution in [3.8, 4) is 0 Å². The van der Waals surface area contributed by atoms with E-state index < -0.39 is 21.9 Å². The molecule has 7 nitrogen and oxygen atoms in total. The minimum Gasteiger partial charge on any atom is -0.478 e. The summed E-state index contributed by atoms with van der Waals surface area (Å²) in [7, 11) is -1.34. The van der Waals surface area contributed by atoms with Crippen LogP contribution in [-0.2, 0) is 14.8 Å². The van der Waals surface area contributed by atoms with E-state index in [1.165, 1.54) is 26.2 Å². The van der Waals surface area contributed by atoms with Gasteiger partial charge in [0.1, 0.15) is 0 Å². The predicted octanol–water partition coefficient (Wildman–Crippen LogP) is 0.514. The Bertz CT molecular complexity index is 644. The Hall–Kier alpha value is -1.45. The number of amides is 1. The molecular formula is C11H13BrN2O5S. The average Bonchev–Trinajstić information content (AvgIpc) is 2.38. The van der Waals surface area contributed by atoms with Gasteiger partial charge < -0.3 is 10.4 Å². The van der Waals surface area contributed by atoms with Gasteiger partial charge in [0.2, 0.25) is 15.9 Å². The van der Waals surface area contributed by atoms with Crippen molar-refractivity contribution in [3.05, 3.63) is 28.2 Å². The summed E-state index contributed by atoms with van der Waals surface area (Å²) in [5.74, 6) is -1.70. The highest BCUT2D eigenvalue weighted by Crippen LogP contribution is 2.25. The molecule has 1 amide bonds. The second-order valence-corrected chi connectivity index (χ2v) is 6.75. The molecule has 2 N–H and O–H groups in total. The lowest BCUT2D eigenvalue weighted by atomic mass is 10.2. The average molecular weight is 365 g/mol. The van der Waals surface area contributed by atoms with E-state index in [1.54, 1.807) is 0 Å². The van der Waals surface area contributed by atoms with Crippen molar-refractivity contribution in [1.29, 1.82) is 0 Å². The van der Waals surface area contributed by atoms with E-state index >= 15 is 0 Å². The topological polar surface area (TPSA) is 104 Å². The maximum Gasteiger partial charge on any atom is 0.335 e. The summed E-state index contributed by atoms with van der Waals surface area (Å²) in [4.78, 5) is 21.9. The second-order valence-electron chi connectivity index (χ2n) is 3.88. The van der Waals surface area contributed by atoms with Gasteiger partial charge in [0.05, 0.1) is 17.0 Å². The molecule has 0 aliphatic rings. The maximum absolute atomic E-state index is 12.3. The van der Waals surface area contributed by atoms with Crippen molar-refractivity contribution < 1.29 is 23.1 Å². The van der Waals surface area contributed by atoms with Crippen LogP contribution < -0.4 is 5.32 Å². The number of carboxylic acids is 1. The lowest BCUT2D eigenvalue weighted by Crippen LogP contribution is -2.37. The Morgan fingerprint density at radius 1 is 1.40 bits per heavy atom. The van der Waals surface area contributed by atoms with Crippen LogP contribution in [0.2, 0.25) is 0 Å². The van der Waals surface area contributed by atoms with Crippen LogP contribution in [0.1, 0.15) is 10.4 Å². The third kappa shape index (κ3) is 3.56. The fraction of sp³-hybridized carbons (Fsp3) is 0.273. The molecule has 0 saturated heterocycles. The number of aromatic carboxylic acids is 1. The number of hydrogen-bond donors (Lipinski definition) is 2. The molecule has 1 aromatic carbocycles. The van der Waals surface area contributed by atoms with Crippen molar-refractivity contribution >= 4 is 37.8 Å². The van der Waals surface area contributed by atoms with E-state index in [9.17, 15) is 18.0 Å². The van der Waals surface area contributed by atoms with Crippen LogP contribution in [0.15, 0.2) is 27.6 Å². The van der Waals surface area contributed by atoms with Gasteiger partial charge in [-0.3, -0.25) is 4.79 Å². The second kappa shape index (κ2) is 6.33. The number of likely N-dealkylation sites (N-methyl/N-ethyl adjacent to an activating group) is 2. The molecule has 110 valence electrons. The highest BCUT2D eigenvalue weighted by atomic mass is 79.9. The van der Waals surface area contributed by atoms with Crippen LogP contribution in [0.5, 0.6) is 0 Å². The van der Waals surface area contributed by atoms with Gasteiger partial charge in [0, 0.05) is 18.6 Å². The molecule has 9 heteroatoms. The number of halogens is 1. The van der Waals surface area contributed by atoms with Gasteiger partial charge in [-0.15, -0.1) is 0 Å². The first-order valence-electron chi connectivity index (χ1n) is 5.40. The monoisotopic (exact) mass is 364 g/mol. The quantitative estimate of drug-likeness (QED) is 0.792. The molecular weight excluding hydrogens is 352 g/mol. The lowest BCUT2D eigenvalue weighted by molar-refractivity contribution is -0.120. The van der Waals surface area contributed by atoms with Gasteiger partial charge in [-0.25, -0.2) is 13.2 Å². The fourth-order valence-corrected chi connectivity index (χ4v) is 3.44. The van der Waals surface area contributed by atoms with Crippen molar-refractivity contribution in [2.45, 2.75) is 4.90 Å². The normalized spacial score (nSPS) is 11.4. The first-order valence-corrected chi connectivity index (χ1v) is 7.63. The van der Waals surface area contributed by atoms with E-state index in [1.807, 2.05) is 0 Å². The minimum absolute atomic E-state index is 0.153. The maximum atomic E-state index is 12.3. The van der Waals surface area contributed by atoms with Crippen LogP contribution in [-0.4, -0.2) is 50.3 Å². The largest absolute Gasteiger partial charge is 0.478 e. The molecule has 20 heavy (non-hydrogen) atoms. The van der Waals surface area contributed by atoms with E-state index in [0.29, 0.717) is 0 Å². The standard InChI is InChI=1S/C11H13BrN2O5S/c1-13-10(15)6-14(2)20(18,19)9-5-7(11(16)17)3-4-8(9)12/h3-5H,6H2,1-2H3,(H,13,15)(H,16,17). The van der Waals surface area contributed by atoms with E-state index in [-0.39, 0.29) is 21.5 Å². The van der Waals surface area contributed by atoms with Crippen LogP contribution >= 0.6 is 15.9 Å². The fourth-order valence-electron chi connectivity index (χ4n) is 1.37. The summed E-state index contributed by atoms with van der Waals surface area (Å²) in [6.45, 7) is -0.359. The summed E-state index contributed by atoms with van der Waals surface area (Å²) in [6, 6.07) is 3.66. The van der Waals surface area contributed by atoms with Crippen molar-refractivity contribution in [1.82, 2.24) is 9.62 Å². The molecule has 0 radical (unpaired) electrons. The van der Waals surface area contributed by atoms with E-state index in [4.69, 9.17) is 5.11 Å². The van der Waals surface area contributed by atoms with Crippen LogP contribution in [0.3, 0.4) is 0 Å². The van der Waals surface area contributed by atoms with Gasteiger partial charge in [-0.2, -0.15) is 4.31 Å². The number of carbonyl (C=O) groups excluding carboxylic acids is 1. The number of carbonyl (C=O) groups is 2. The number of rotatable bonds is 5. The summed E-state index contributed by atoms with van der Waals surface area (Å²) < 4.78 is 25.7. The van der Waals surface area contributed by atoms with E-state index in [2.05, 4.69) is 21.2 Å². The Morgan fingerprint density at radius 3 is 2.50 bits per heavy atom. The first kappa shape index (κ1) is 16.6. The number of nitrogens with one attached hydrogen (secondary N) is 1. The molecule has 0 aliphatic carbocycles. The van der Waals surface area contributed by atoms with Gasteiger partial charge >= 0.3 is 5.97 Å². The van der Waals surface area contributed by atoms with Gasteiger partial charge in [-0.1, -0.05) is 0 Å². The van der Waals surface area contributed by atoms with Gasteiger partial charge in [-0.05, 0) is 34.1 Å². The van der Waals surface area contributed by atoms with Crippen molar-refractivity contribution in [2.75, 3.05) is 20.6 Å². The van der Waals surface area contributed by atoms with Crippen LogP contribution in [0, 0.1) is 0 Å². The van der Waals surface area contributed by atoms with Crippen molar-refractivity contribution in [3.63, 3.8) is 0 Å². The highest BCUT2D eigenvalue weighted by molar-refractivity contribution is 9.10. The Morgan fingerprint density at radius 2 is 2.00 bits per heavy atom. The zero-order chi connectivity index (χ0) is 15.5. The van der Waals surface area contributed by atoms with Crippen LogP contribution in [0.4, 0.5) is 0 Å². The molecule has 0 aliphatic heterocycles. The zero-order valence-electron chi connectivity index (χ0n) is 10.8. The Kier molecular flexibility index (Phi) is 5.26. The lowest BCUT2D eigenvalue weighted by Gasteiger charge is -2.17. The molecule has 0 atom stereocenters. The van der Waals surface area contributed by atoms with Crippen molar-refractivity contribution in [2.24, 2.45) is 0 Å². The molecule has 0 heterocycles. The molecule has 0 bridgehead atoms. The molecule has 0 fully saturated rings. The zero-order valence-corrected chi connectivity index (χ0v) is 13.2. The first-order chi connectivity index (χ1) is 9.20. The smallest absolute Gasteiger partial charge is 0.335 e. The summed E-state index contributed by atoms with van der Waals surface area (Å²) in [5, 5.41) is 11.2. The summed E-state index contributed by atoms with van der Waals surface area (Å²) in [5.41, 5.74) is -0.153. The minimum atomic E-state index is -3.97. The molecule has 0 aromatic heterocycles. The molecule has 0 saturated carbocycles. The summed E-state index contributed by atoms with van der Waals surface area (Å²) in [6.07, 6.45) is 0. The summed E-state index contributed by atoms with van der Waals surface area (Å²) >= 11 is 3.07. The third-order valence-corrected chi connectivity index (χ3v) is 5.31. The number of sulfonamides is 1. The predicted molar refractivity (Wildman–Crippen MR) is 75.0 cm³/mol. The third-order valence-electron chi connectivity index (χ3n) is 2.51. The van der Waals surface area contributed by atoms with Gasteiger partial charge in [0.15, 0.2) is 0 Å². The number of nitrogens with zero attached hydrogens (tertiary/aromatic N) is 1. The molecule has 1 rings (SSSR count). The highest BCUT2D eigenvalue weighted by Gasteiger charge is 2.26. The molecule has 0 spiro atoms. The Labute approximate surface area is 124 Å². The number of benzene rings is 1.